The normalized spacial score (nSPS) is 11.0. The van der Waals surface area contributed by atoms with Crippen LogP contribution in [0.2, 0.25) is 5.02 Å². The topological polar surface area (TPSA) is 75.9 Å². The second-order valence-corrected chi connectivity index (χ2v) is 6.67. The van der Waals surface area contributed by atoms with Crippen molar-refractivity contribution in [1.82, 2.24) is 25.1 Å². The Kier molecular flexibility index (Phi) is 6.41. The van der Waals surface area contributed by atoms with Gasteiger partial charge in [0.2, 0.25) is 0 Å². The highest BCUT2D eigenvalue weighted by Gasteiger charge is 2.15. The van der Waals surface area contributed by atoms with Gasteiger partial charge in [-0.3, -0.25) is 9.55 Å². The Morgan fingerprint density at radius 2 is 1.80 bits per heavy atom. The molecule has 2 N–H and O–H groups in total. The summed E-state index contributed by atoms with van der Waals surface area (Å²) in [5, 5.41) is 22.2. The Balaban J connectivity index is 1.90. The molecule has 0 amide bonds. The van der Waals surface area contributed by atoms with Crippen molar-refractivity contribution in [3.05, 3.63) is 53.8 Å². The largest absolute Gasteiger partial charge is 0.395 e. The molecule has 0 atom stereocenters. The van der Waals surface area contributed by atoms with Gasteiger partial charge in [-0.25, -0.2) is 0 Å². The highest BCUT2D eigenvalue weighted by atomic mass is 35.5. The van der Waals surface area contributed by atoms with E-state index in [4.69, 9.17) is 16.7 Å². The Morgan fingerprint density at radius 3 is 2.52 bits per heavy atom. The van der Waals surface area contributed by atoms with Crippen molar-refractivity contribution in [2.75, 3.05) is 25.4 Å². The van der Waals surface area contributed by atoms with Crippen LogP contribution in [0.5, 0.6) is 0 Å². The first-order chi connectivity index (χ1) is 12.3. The highest BCUT2D eigenvalue weighted by molar-refractivity contribution is 7.99. The van der Waals surface area contributed by atoms with E-state index in [0.29, 0.717) is 11.6 Å². The zero-order chi connectivity index (χ0) is 17.5. The van der Waals surface area contributed by atoms with E-state index < -0.39 is 0 Å². The van der Waals surface area contributed by atoms with Crippen LogP contribution in [0.1, 0.15) is 0 Å². The summed E-state index contributed by atoms with van der Waals surface area (Å²) >= 11 is 7.63. The van der Waals surface area contributed by atoms with Gasteiger partial charge in [0.25, 0.3) is 0 Å². The van der Waals surface area contributed by atoms with Crippen LogP contribution in [0.25, 0.3) is 17.1 Å². The number of thioether (sulfide) groups is 1. The predicted octanol–water partition coefficient (Wildman–Crippen LogP) is 2.66. The number of halogens is 1. The monoisotopic (exact) mass is 375 g/mol. The number of hydrogen-bond acceptors (Lipinski definition) is 6. The standard InChI is InChI=1S/C17H18ClN5OS/c18-14-1-3-15(4-2-14)23-16(13-5-7-19-8-6-13)21-22-17(23)25-12-10-20-9-11-24/h1-8,20,24H,9-12H2. The lowest BCUT2D eigenvalue weighted by Crippen LogP contribution is -2.20. The zero-order valence-electron chi connectivity index (χ0n) is 13.5. The summed E-state index contributed by atoms with van der Waals surface area (Å²) in [5.41, 5.74) is 1.90. The molecule has 0 saturated heterocycles. The van der Waals surface area contributed by atoms with Crippen LogP contribution in [0.3, 0.4) is 0 Å². The van der Waals surface area contributed by atoms with Crippen LogP contribution in [0, 0.1) is 0 Å². The van der Waals surface area contributed by atoms with Crippen LogP contribution in [-0.2, 0) is 0 Å². The van der Waals surface area contributed by atoms with Crippen molar-refractivity contribution in [1.29, 1.82) is 0 Å². The molecule has 3 aromatic rings. The number of aliphatic hydroxyl groups is 1. The van der Waals surface area contributed by atoms with Gasteiger partial charge in [0.15, 0.2) is 11.0 Å². The van der Waals surface area contributed by atoms with Crippen LogP contribution in [-0.4, -0.2) is 50.3 Å². The average Bonchev–Trinajstić information content (AvgIpc) is 3.07. The molecule has 25 heavy (non-hydrogen) atoms. The molecule has 6 nitrogen and oxygen atoms in total. The molecule has 2 aromatic heterocycles. The highest BCUT2D eigenvalue weighted by Crippen LogP contribution is 2.28. The van der Waals surface area contributed by atoms with Crippen molar-refractivity contribution in [3.63, 3.8) is 0 Å². The molecule has 3 rings (SSSR count). The van der Waals surface area contributed by atoms with E-state index in [9.17, 15) is 0 Å². The summed E-state index contributed by atoms with van der Waals surface area (Å²) in [6.45, 7) is 1.51. The molecule has 0 aliphatic heterocycles. The third kappa shape index (κ3) is 4.58. The Bertz CT molecular complexity index is 795. The van der Waals surface area contributed by atoms with E-state index in [2.05, 4.69) is 20.5 Å². The molecular formula is C17H18ClN5OS. The number of nitrogens with one attached hydrogen (secondary N) is 1. The van der Waals surface area contributed by atoms with Crippen molar-refractivity contribution >= 4 is 23.4 Å². The van der Waals surface area contributed by atoms with Crippen molar-refractivity contribution in [3.8, 4) is 17.1 Å². The van der Waals surface area contributed by atoms with E-state index >= 15 is 0 Å². The summed E-state index contributed by atoms with van der Waals surface area (Å²) in [6, 6.07) is 11.4. The molecule has 8 heteroatoms. The number of nitrogens with zero attached hydrogens (tertiary/aromatic N) is 4. The van der Waals surface area contributed by atoms with Crippen LogP contribution in [0.4, 0.5) is 0 Å². The fraction of sp³-hybridized carbons (Fsp3) is 0.235. The maximum absolute atomic E-state index is 8.82. The predicted molar refractivity (Wildman–Crippen MR) is 100 cm³/mol. The van der Waals surface area contributed by atoms with Gasteiger partial charge < -0.3 is 10.4 Å². The molecule has 0 unspecified atom stereocenters. The summed E-state index contributed by atoms with van der Waals surface area (Å²) in [6.07, 6.45) is 3.48. The van der Waals surface area contributed by atoms with Crippen molar-refractivity contribution in [2.45, 2.75) is 5.16 Å². The molecule has 1 aromatic carbocycles. The van der Waals surface area contributed by atoms with Gasteiger partial charge in [0.1, 0.15) is 0 Å². The number of pyridine rings is 1. The van der Waals surface area contributed by atoms with Gasteiger partial charge in [0, 0.05) is 47.5 Å². The molecule has 0 fully saturated rings. The van der Waals surface area contributed by atoms with Gasteiger partial charge >= 0.3 is 0 Å². The number of aromatic nitrogens is 4. The van der Waals surface area contributed by atoms with Gasteiger partial charge in [-0.1, -0.05) is 23.4 Å². The third-order valence-corrected chi connectivity index (χ3v) is 4.64. The SMILES string of the molecule is OCCNCCSc1nnc(-c2ccncc2)n1-c1ccc(Cl)cc1. The number of benzene rings is 1. The Morgan fingerprint density at radius 1 is 1.04 bits per heavy atom. The average molecular weight is 376 g/mol. The first-order valence-electron chi connectivity index (χ1n) is 7.85. The molecule has 130 valence electrons. The van der Waals surface area contributed by atoms with E-state index in [1.165, 1.54) is 0 Å². The summed E-state index contributed by atoms with van der Waals surface area (Å²) in [5.74, 6) is 1.58. The molecule has 0 radical (unpaired) electrons. The molecule has 0 aliphatic carbocycles. The number of aliphatic hydroxyl groups excluding tert-OH is 1. The first kappa shape index (κ1) is 17.9. The molecule has 0 saturated carbocycles. The molecule has 0 spiro atoms. The van der Waals surface area contributed by atoms with E-state index in [0.717, 1.165) is 34.5 Å². The minimum Gasteiger partial charge on any atom is -0.395 e. The lowest BCUT2D eigenvalue weighted by molar-refractivity contribution is 0.294. The van der Waals surface area contributed by atoms with E-state index in [-0.39, 0.29) is 6.61 Å². The van der Waals surface area contributed by atoms with Gasteiger partial charge in [-0.2, -0.15) is 0 Å². The number of rotatable bonds is 8. The van der Waals surface area contributed by atoms with E-state index in [1.807, 2.05) is 41.0 Å². The lowest BCUT2D eigenvalue weighted by Gasteiger charge is -2.10. The fourth-order valence-electron chi connectivity index (χ4n) is 2.29. The second kappa shape index (κ2) is 8.96. The van der Waals surface area contributed by atoms with Crippen molar-refractivity contribution in [2.24, 2.45) is 0 Å². The second-order valence-electron chi connectivity index (χ2n) is 5.18. The summed E-state index contributed by atoms with van der Waals surface area (Å²) < 4.78 is 2.02. The molecule has 2 heterocycles. The van der Waals surface area contributed by atoms with Crippen molar-refractivity contribution < 1.29 is 5.11 Å². The maximum atomic E-state index is 8.82. The fourth-order valence-corrected chi connectivity index (χ4v) is 3.27. The van der Waals surface area contributed by atoms with Gasteiger partial charge in [-0.15, -0.1) is 10.2 Å². The van der Waals surface area contributed by atoms with Crippen LogP contribution >= 0.6 is 23.4 Å². The Hall–Kier alpha value is -1.93. The molecule has 0 aliphatic rings. The zero-order valence-corrected chi connectivity index (χ0v) is 15.0. The van der Waals surface area contributed by atoms with Crippen LogP contribution in [0.15, 0.2) is 53.9 Å². The summed E-state index contributed by atoms with van der Waals surface area (Å²) in [4.78, 5) is 4.06. The molecule has 0 bridgehead atoms. The minimum absolute atomic E-state index is 0.137. The first-order valence-corrected chi connectivity index (χ1v) is 9.22. The quantitative estimate of drug-likeness (QED) is 0.465. The minimum atomic E-state index is 0.137. The third-order valence-electron chi connectivity index (χ3n) is 3.46. The van der Waals surface area contributed by atoms with Gasteiger partial charge in [0.05, 0.1) is 6.61 Å². The van der Waals surface area contributed by atoms with Crippen LogP contribution < -0.4 is 5.32 Å². The van der Waals surface area contributed by atoms with Gasteiger partial charge in [-0.05, 0) is 36.4 Å². The van der Waals surface area contributed by atoms with E-state index in [1.54, 1.807) is 24.2 Å². The number of hydrogen-bond donors (Lipinski definition) is 2. The Labute approximate surface area is 155 Å². The smallest absolute Gasteiger partial charge is 0.196 e. The maximum Gasteiger partial charge on any atom is 0.196 e. The summed E-state index contributed by atoms with van der Waals surface area (Å²) in [7, 11) is 0. The molecular weight excluding hydrogens is 358 g/mol. The lowest BCUT2D eigenvalue weighted by atomic mass is 10.2.